The van der Waals surface area contributed by atoms with Gasteiger partial charge in [0.2, 0.25) is 0 Å². The van der Waals surface area contributed by atoms with Crippen molar-refractivity contribution in [1.82, 2.24) is 9.97 Å². The maximum atomic E-state index is 5.45. The Bertz CT molecular complexity index is 3170. The second-order valence-electron chi connectivity index (χ2n) is 15.4. The zero-order valence-corrected chi connectivity index (χ0v) is 31.9. The van der Waals surface area contributed by atoms with E-state index in [2.05, 4.69) is 196 Å². The van der Waals surface area contributed by atoms with Crippen LogP contribution in [0, 0.1) is 0 Å². The van der Waals surface area contributed by atoms with Crippen LogP contribution in [0.4, 0.5) is 0 Å². The molecule has 2 nitrogen and oxygen atoms in total. The van der Waals surface area contributed by atoms with Gasteiger partial charge in [0.15, 0.2) is 5.82 Å². The second kappa shape index (κ2) is 12.7. The van der Waals surface area contributed by atoms with E-state index in [4.69, 9.17) is 9.97 Å². The molecule has 0 unspecified atom stereocenters. The van der Waals surface area contributed by atoms with Crippen molar-refractivity contribution in [3.63, 3.8) is 0 Å². The molecular weight excluding hydrogens is 697 g/mol. The Balaban J connectivity index is 1.17. The minimum atomic E-state index is -0.123. The molecule has 1 aliphatic rings. The van der Waals surface area contributed by atoms with Crippen LogP contribution in [0.1, 0.15) is 25.0 Å². The number of nitrogens with zero attached hydrogens (tertiary/aromatic N) is 2. The van der Waals surface area contributed by atoms with Crippen molar-refractivity contribution in [3.8, 4) is 67.3 Å². The van der Waals surface area contributed by atoms with Crippen LogP contribution < -0.4 is 0 Å². The van der Waals surface area contributed by atoms with Crippen molar-refractivity contribution in [2.75, 3.05) is 0 Å². The van der Waals surface area contributed by atoms with Gasteiger partial charge in [-0.05, 0) is 97.7 Å². The van der Waals surface area contributed by atoms with Gasteiger partial charge >= 0.3 is 0 Å². The third-order valence-corrected chi connectivity index (χ3v) is 12.8. The number of hydrogen-bond donors (Lipinski definition) is 0. The van der Waals surface area contributed by atoms with Gasteiger partial charge in [-0.2, -0.15) is 0 Å². The zero-order chi connectivity index (χ0) is 37.4. The van der Waals surface area contributed by atoms with E-state index < -0.39 is 0 Å². The monoisotopic (exact) mass is 732 g/mol. The molecule has 0 fully saturated rings. The SMILES string of the molecule is CC1(C)c2ccccc2-c2ccc(-c3cc(-c4cc(-c5ccccc5)cc(-c5cccc6sc7ccccc7c56)c4)nc(-c4cccc5ccccc45)n3)cc21. The van der Waals surface area contributed by atoms with Gasteiger partial charge in [0.25, 0.3) is 0 Å². The first-order chi connectivity index (χ1) is 27.5. The highest BCUT2D eigenvalue weighted by atomic mass is 32.1. The Labute approximate surface area is 330 Å². The highest BCUT2D eigenvalue weighted by Gasteiger charge is 2.35. The molecule has 2 heterocycles. The summed E-state index contributed by atoms with van der Waals surface area (Å²) in [4.78, 5) is 10.8. The Kier molecular flexibility index (Phi) is 7.42. The van der Waals surface area contributed by atoms with Crippen molar-refractivity contribution in [2.24, 2.45) is 0 Å². The molecule has 1 aliphatic carbocycles. The number of thiophene rings is 1. The first kappa shape index (κ1) is 32.7. The van der Waals surface area contributed by atoms with Crippen molar-refractivity contribution in [1.29, 1.82) is 0 Å². The molecule has 0 N–H and O–H groups in total. The lowest BCUT2D eigenvalue weighted by atomic mass is 9.82. The third kappa shape index (κ3) is 5.23. The Hall–Kier alpha value is -6.68. The lowest BCUT2D eigenvalue weighted by Crippen LogP contribution is -2.14. The molecule has 0 amide bonds. The van der Waals surface area contributed by atoms with E-state index in [0.717, 1.165) is 44.9 Å². The van der Waals surface area contributed by atoms with Gasteiger partial charge in [-0.15, -0.1) is 11.3 Å². The van der Waals surface area contributed by atoms with Crippen molar-refractivity contribution in [2.45, 2.75) is 19.3 Å². The molecule has 0 saturated heterocycles. The predicted molar refractivity (Wildman–Crippen MR) is 237 cm³/mol. The zero-order valence-electron chi connectivity index (χ0n) is 31.1. The van der Waals surface area contributed by atoms with Crippen LogP contribution in [0.2, 0.25) is 0 Å². The van der Waals surface area contributed by atoms with Crippen LogP contribution in [-0.4, -0.2) is 9.97 Å². The minimum absolute atomic E-state index is 0.123. The summed E-state index contributed by atoms with van der Waals surface area (Å²) in [5.41, 5.74) is 14.9. The summed E-state index contributed by atoms with van der Waals surface area (Å²) in [5, 5.41) is 4.89. The molecule has 2 aromatic heterocycles. The molecular formula is C53H36N2S. The molecule has 0 spiro atoms. The highest BCUT2D eigenvalue weighted by Crippen LogP contribution is 2.50. The van der Waals surface area contributed by atoms with E-state index in [1.54, 1.807) is 0 Å². The van der Waals surface area contributed by atoms with Crippen molar-refractivity contribution in [3.05, 3.63) is 193 Å². The molecule has 0 aliphatic heterocycles. The van der Waals surface area contributed by atoms with Gasteiger partial charge in [0, 0.05) is 42.3 Å². The molecule has 0 saturated carbocycles. The summed E-state index contributed by atoms with van der Waals surface area (Å²) in [6.07, 6.45) is 0. The van der Waals surface area contributed by atoms with E-state index in [1.165, 1.54) is 64.5 Å². The molecule has 0 radical (unpaired) electrons. The molecule has 8 aromatic carbocycles. The van der Waals surface area contributed by atoms with Crippen LogP contribution in [0.5, 0.6) is 0 Å². The summed E-state index contributed by atoms with van der Waals surface area (Å²) >= 11 is 1.86. The van der Waals surface area contributed by atoms with E-state index >= 15 is 0 Å². The smallest absolute Gasteiger partial charge is 0.161 e. The van der Waals surface area contributed by atoms with Crippen molar-refractivity contribution < 1.29 is 0 Å². The fourth-order valence-corrected chi connectivity index (χ4v) is 10.0. The van der Waals surface area contributed by atoms with E-state index in [1.807, 2.05) is 11.3 Å². The Morgan fingerprint density at radius 2 is 1.02 bits per heavy atom. The Morgan fingerprint density at radius 3 is 1.91 bits per heavy atom. The van der Waals surface area contributed by atoms with E-state index in [9.17, 15) is 0 Å². The number of hydrogen-bond acceptors (Lipinski definition) is 3. The normalized spacial score (nSPS) is 13.0. The summed E-state index contributed by atoms with van der Waals surface area (Å²) in [5.74, 6) is 0.718. The molecule has 264 valence electrons. The average Bonchev–Trinajstić information content (AvgIpc) is 3.75. The molecule has 10 aromatic rings. The second-order valence-corrected chi connectivity index (χ2v) is 16.4. The third-order valence-electron chi connectivity index (χ3n) is 11.7. The Morgan fingerprint density at radius 1 is 0.393 bits per heavy atom. The number of aromatic nitrogens is 2. The number of benzene rings is 8. The quantitative estimate of drug-likeness (QED) is 0.176. The van der Waals surface area contributed by atoms with Gasteiger partial charge in [-0.25, -0.2) is 9.97 Å². The lowest BCUT2D eigenvalue weighted by Gasteiger charge is -2.22. The largest absolute Gasteiger partial charge is 0.228 e. The van der Waals surface area contributed by atoms with Crippen LogP contribution >= 0.6 is 11.3 Å². The molecule has 11 rings (SSSR count). The molecule has 0 bridgehead atoms. The first-order valence-electron chi connectivity index (χ1n) is 19.2. The lowest BCUT2D eigenvalue weighted by molar-refractivity contribution is 0.660. The summed E-state index contributed by atoms with van der Waals surface area (Å²) in [6.45, 7) is 4.67. The van der Waals surface area contributed by atoms with E-state index in [-0.39, 0.29) is 5.41 Å². The maximum Gasteiger partial charge on any atom is 0.161 e. The van der Waals surface area contributed by atoms with Gasteiger partial charge in [-0.1, -0.05) is 153 Å². The summed E-state index contributed by atoms with van der Waals surface area (Å²) in [6, 6.07) is 66.0. The first-order valence-corrected chi connectivity index (χ1v) is 20.0. The highest BCUT2D eigenvalue weighted by molar-refractivity contribution is 7.25. The topological polar surface area (TPSA) is 25.8 Å². The minimum Gasteiger partial charge on any atom is -0.228 e. The van der Waals surface area contributed by atoms with Gasteiger partial charge in [0.05, 0.1) is 11.4 Å². The standard InChI is InChI=1S/C53H36N2S/c1-53(2)45-23-10-8-19-41(45)42-27-26-35(31-46(42)53)47-32-48(55-52(54-47)43-22-12-17-34-16-6-7-18-39(34)43)38-29-36(33-14-4-3-5-15-33)28-37(30-38)40-21-13-25-50-51(40)44-20-9-11-24-49(44)56-50/h3-32H,1-2H3. The van der Waals surface area contributed by atoms with Gasteiger partial charge < -0.3 is 0 Å². The number of rotatable bonds is 5. The molecule has 0 atom stereocenters. The fourth-order valence-electron chi connectivity index (χ4n) is 8.89. The van der Waals surface area contributed by atoms with Crippen LogP contribution in [-0.2, 0) is 5.41 Å². The van der Waals surface area contributed by atoms with Crippen molar-refractivity contribution >= 4 is 42.3 Å². The van der Waals surface area contributed by atoms with Crippen LogP contribution in [0.15, 0.2) is 182 Å². The van der Waals surface area contributed by atoms with Gasteiger partial charge in [-0.3, -0.25) is 0 Å². The predicted octanol–water partition coefficient (Wildman–Crippen LogP) is 14.6. The maximum absolute atomic E-state index is 5.45. The van der Waals surface area contributed by atoms with E-state index in [0.29, 0.717) is 0 Å². The molecule has 3 heteroatoms. The van der Waals surface area contributed by atoms with Crippen LogP contribution in [0.3, 0.4) is 0 Å². The van der Waals surface area contributed by atoms with Crippen LogP contribution in [0.25, 0.3) is 98.2 Å². The van der Waals surface area contributed by atoms with Gasteiger partial charge in [0.1, 0.15) is 0 Å². The fraction of sp³-hybridized carbons (Fsp3) is 0.0566. The summed E-state index contributed by atoms with van der Waals surface area (Å²) < 4.78 is 2.59. The summed E-state index contributed by atoms with van der Waals surface area (Å²) in [7, 11) is 0. The average molecular weight is 733 g/mol. The molecule has 56 heavy (non-hydrogen) atoms. The number of fused-ring (bicyclic) bond motifs is 7.